The van der Waals surface area contributed by atoms with E-state index in [0.717, 1.165) is 5.56 Å². The van der Waals surface area contributed by atoms with Crippen molar-refractivity contribution in [2.45, 2.75) is 9.84 Å². The van der Waals surface area contributed by atoms with Crippen molar-refractivity contribution in [3.05, 3.63) is 35.9 Å². The van der Waals surface area contributed by atoms with E-state index in [0.29, 0.717) is 0 Å². The van der Waals surface area contributed by atoms with Gasteiger partial charge in [0, 0.05) is 0 Å². The van der Waals surface area contributed by atoms with Crippen LogP contribution in [-0.2, 0) is 9.09 Å². The van der Waals surface area contributed by atoms with Crippen molar-refractivity contribution in [3.8, 4) is 0 Å². The van der Waals surface area contributed by atoms with E-state index < -0.39 is 8.69 Å². The fraction of sp³-hybridized carbons (Fsp3) is 0.250. The first-order valence-corrected chi connectivity index (χ1v) is 6.26. The Morgan fingerprint density at radius 3 is 2.38 bits per heavy atom. The maximum atomic E-state index is 10.2. The van der Waals surface area contributed by atoms with Crippen LogP contribution in [0.4, 0.5) is 0 Å². The standard InChI is InChI=1S/C8H8Br2O2P/c9-7(8(10)12-13-11)6-4-2-1-3-5-6/h1-5,7-8,13H/q+1. The normalized spacial score (nSPS) is 15.5. The molecule has 0 aromatic heterocycles. The Bertz CT molecular complexity index is 268. The molecule has 1 aromatic rings. The Hall–Kier alpha value is 0.240. The molecular weight excluding hydrogens is 319 g/mol. The molecule has 1 rings (SSSR count). The Balaban J connectivity index is 2.67. The number of rotatable bonds is 4. The quantitative estimate of drug-likeness (QED) is 0.621. The molecule has 0 heterocycles. The first kappa shape index (κ1) is 11.3. The van der Waals surface area contributed by atoms with Crippen molar-refractivity contribution >= 4 is 40.5 Å². The summed E-state index contributed by atoms with van der Waals surface area (Å²) in [6.07, 6.45) is 0. The number of halogens is 2. The minimum atomic E-state index is -0.751. The molecule has 2 nitrogen and oxygen atoms in total. The number of hydrogen-bond donors (Lipinski definition) is 0. The van der Waals surface area contributed by atoms with E-state index in [1.807, 2.05) is 30.3 Å². The molecule has 1 aromatic carbocycles. The van der Waals surface area contributed by atoms with Gasteiger partial charge in [0.2, 0.25) is 0 Å². The first-order valence-electron chi connectivity index (χ1n) is 3.61. The summed E-state index contributed by atoms with van der Waals surface area (Å²) in [7, 11) is -0.751. The molecule has 0 saturated carbocycles. The van der Waals surface area contributed by atoms with E-state index in [2.05, 4.69) is 31.9 Å². The molecule has 0 aliphatic carbocycles. The first-order chi connectivity index (χ1) is 6.25. The van der Waals surface area contributed by atoms with Crippen LogP contribution in [0.5, 0.6) is 0 Å². The number of benzene rings is 1. The van der Waals surface area contributed by atoms with Crippen molar-refractivity contribution in [2.75, 3.05) is 0 Å². The second kappa shape index (κ2) is 5.86. The van der Waals surface area contributed by atoms with Gasteiger partial charge in [0.1, 0.15) is 0 Å². The highest BCUT2D eigenvalue weighted by Crippen LogP contribution is 2.33. The molecule has 3 unspecified atom stereocenters. The van der Waals surface area contributed by atoms with Crippen LogP contribution in [0.25, 0.3) is 0 Å². The third kappa shape index (κ3) is 3.47. The van der Waals surface area contributed by atoms with E-state index in [1.165, 1.54) is 0 Å². The summed E-state index contributed by atoms with van der Waals surface area (Å²) >= 11 is 6.72. The molecule has 0 fully saturated rings. The lowest BCUT2D eigenvalue weighted by Gasteiger charge is -2.10. The zero-order chi connectivity index (χ0) is 9.68. The monoisotopic (exact) mass is 325 g/mol. The van der Waals surface area contributed by atoms with Crippen LogP contribution in [0.3, 0.4) is 0 Å². The summed E-state index contributed by atoms with van der Waals surface area (Å²) in [6, 6.07) is 9.80. The van der Waals surface area contributed by atoms with Gasteiger partial charge in [-0.05, 0) is 10.1 Å². The molecule has 0 N–H and O–H groups in total. The molecule has 3 atom stereocenters. The van der Waals surface area contributed by atoms with E-state index >= 15 is 0 Å². The van der Waals surface area contributed by atoms with E-state index in [-0.39, 0.29) is 9.84 Å². The van der Waals surface area contributed by atoms with Crippen molar-refractivity contribution < 1.29 is 9.09 Å². The van der Waals surface area contributed by atoms with Crippen molar-refractivity contribution in [3.63, 3.8) is 0 Å². The predicted molar refractivity (Wildman–Crippen MR) is 60.9 cm³/mol. The van der Waals surface area contributed by atoms with Gasteiger partial charge < -0.3 is 0 Å². The minimum Gasteiger partial charge on any atom is -0.131 e. The van der Waals surface area contributed by atoms with E-state index in [4.69, 9.17) is 4.52 Å². The summed E-state index contributed by atoms with van der Waals surface area (Å²) in [6.45, 7) is 0. The van der Waals surface area contributed by atoms with Gasteiger partial charge in [0.05, 0.1) is 4.83 Å². The topological polar surface area (TPSA) is 26.3 Å². The van der Waals surface area contributed by atoms with Gasteiger partial charge in [-0.3, -0.25) is 0 Å². The molecule has 0 aliphatic heterocycles. The lowest BCUT2D eigenvalue weighted by Crippen LogP contribution is -2.05. The van der Waals surface area contributed by atoms with E-state index in [9.17, 15) is 4.57 Å². The third-order valence-electron chi connectivity index (χ3n) is 1.51. The fourth-order valence-corrected chi connectivity index (χ4v) is 2.27. The highest BCUT2D eigenvalue weighted by Gasteiger charge is 2.21. The fourth-order valence-electron chi connectivity index (χ4n) is 0.894. The zero-order valence-electron chi connectivity index (χ0n) is 6.61. The van der Waals surface area contributed by atoms with Crippen LogP contribution in [0, 0.1) is 0 Å². The molecule has 0 amide bonds. The molecule has 70 valence electrons. The minimum absolute atomic E-state index is 0.00940. The van der Waals surface area contributed by atoms with Gasteiger partial charge in [-0.2, -0.15) is 0 Å². The van der Waals surface area contributed by atoms with Gasteiger partial charge in [0.25, 0.3) is 0 Å². The maximum absolute atomic E-state index is 10.2. The van der Waals surface area contributed by atoms with Crippen molar-refractivity contribution in [2.24, 2.45) is 0 Å². The second-order valence-electron chi connectivity index (χ2n) is 2.36. The smallest absolute Gasteiger partial charge is 0.131 e. The molecule has 0 spiro atoms. The van der Waals surface area contributed by atoms with Gasteiger partial charge in [-0.25, -0.2) is 0 Å². The Labute approximate surface area is 95.2 Å². The van der Waals surface area contributed by atoms with Crippen molar-refractivity contribution in [1.29, 1.82) is 0 Å². The number of hydrogen-bond acceptors (Lipinski definition) is 2. The van der Waals surface area contributed by atoms with Crippen LogP contribution in [-0.4, -0.2) is 5.01 Å². The van der Waals surface area contributed by atoms with Crippen LogP contribution in [0.1, 0.15) is 10.4 Å². The molecule has 0 saturated heterocycles. The lowest BCUT2D eigenvalue weighted by atomic mass is 10.2. The zero-order valence-corrected chi connectivity index (χ0v) is 10.8. The molecular formula is C8H8Br2O2P+. The van der Waals surface area contributed by atoms with E-state index in [1.54, 1.807) is 0 Å². The molecule has 0 bridgehead atoms. The summed E-state index contributed by atoms with van der Waals surface area (Å²) in [5.41, 5.74) is 1.09. The SMILES string of the molecule is O=[PH+]OC(Br)C(Br)c1ccccc1. The molecule has 13 heavy (non-hydrogen) atoms. The predicted octanol–water partition coefficient (Wildman–Crippen LogP) is 3.80. The summed E-state index contributed by atoms with van der Waals surface area (Å²) < 4.78 is 15.1. The van der Waals surface area contributed by atoms with Gasteiger partial charge >= 0.3 is 8.69 Å². The summed E-state index contributed by atoms with van der Waals surface area (Å²) in [4.78, 5) is 0.00940. The maximum Gasteiger partial charge on any atom is 0.495 e. The Morgan fingerprint density at radius 2 is 1.85 bits per heavy atom. The molecule has 0 radical (unpaired) electrons. The highest BCUT2D eigenvalue weighted by molar-refractivity contribution is 9.12. The van der Waals surface area contributed by atoms with Crippen LogP contribution in [0.15, 0.2) is 30.3 Å². The van der Waals surface area contributed by atoms with Crippen LogP contribution in [0.2, 0.25) is 0 Å². The van der Waals surface area contributed by atoms with Crippen molar-refractivity contribution in [1.82, 2.24) is 0 Å². The average Bonchev–Trinajstić information content (AvgIpc) is 2.18. The highest BCUT2D eigenvalue weighted by atomic mass is 79.9. The second-order valence-corrected chi connectivity index (χ2v) is 4.66. The average molecular weight is 327 g/mol. The molecule has 5 heteroatoms. The van der Waals surface area contributed by atoms with Crippen LogP contribution >= 0.6 is 40.5 Å². The Kier molecular flexibility index (Phi) is 5.10. The van der Waals surface area contributed by atoms with Gasteiger partial charge in [-0.1, -0.05) is 62.2 Å². The Morgan fingerprint density at radius 1 is 1.23 bits per heavy atom. The van der Waals surface area contributed by atoms with Crippen LogP contribution < -0.4 is 0 Å². The summed E-state index contributed by atoms with van der Waals surface area (Å²) in [5, 5.41) is -0.272. The largest absolute Gasteiger partial charge is 0.495 e. The van der Waals surface area contributed by atoms with Gasteiger partial charge in [0.15, 0.2) is 5.01 Å². The molecule has 0 aliphatic rings. The lowest BCUT2D eigenvalue weighted by molar-refractivity contribution is 0.319. The third-order valence-corrected chi connectivity index (χ3v) is 4.64. The summed E-state index contributed by atoms with van der Waals surface area (Å²) in [5.74, 6) is 0. The number of alkyl halides is 2. The van der Waals surface area contributed by atoms with Gasteiger partial charge in [-0.15, -0.1) is 4.52 Å².